The lowest BCUT2D eigenvalue weighted by molar-refractivity contribution is 0.111. The smallest absolute Gasteiger partial charge is 0.172 e. The summed E-state index contributed by atoms with van der Waals surface area (Å²) < 4.78 is 11.7. The van der Waals surface area contributed by atoms with E-state index in [0.717, 1.165) is 11.4 Å². The summed E-state index contributed by atoms with van der Waals surface area (Å²) in [6.45, 7) is 0.271. The Labute approximate surface area is 104 Å². The molecule has 0 N–H and O–H groups in total. The van der Waals surface area contributed by atoms with Crippen molar-refractivity contribution in [3.63, 3.8) is 0 Å². The number of aldehydes is 1. The first-order valence-electron chi connectivity index (χ1n) is 5.33. The van der Waals surface area contributed by atoms with Crippen molar-refractivity contribution in [2.24, 2.45) is 0 Å². The van der Waals surface area contributed by atoms with Gasteiger partial charge in [0.1, 0.15) is 11.4 Å². The lowest BCUT2D eigenvalue weighted by atomic mass is 10.3. The predicted octanol–water partition coefficient (Wildman–Crippen LogP) is 1.23. The number of hydrogen-bond acceptors (Lipinski definition) is 5. The standard InChI is InChI=1S/C12H13N3O3/c1-17-8-12-11(7-16)13-14-15(12)9-3-5-10(18-2)6-4-9/h3-7H,8H2,1-2H3. The molecule has 0 unspecified atom stereocenters. The van der Waals surface area contributed by atoms with Gasteiger partial charge in [0, 0.05) is 7.11 Å². The largest absolute Gasteiger partial charge is 0.497 e. The van der Waals surface area contributed by atoms with Crippen LogP contribution in [0.1, 0.15) is 16.2 Å². The first kappa shape index (κ1) is 12.3. The van der Waals surface area contributed by atoms with Gasteiger partial charge in [-0.15, -0.1) is 5.10 Å². The summed E-state index contributed by atoms with van der Waals surface area (Å²) >= 11 is 0. The minimum Gasteiger partial charge on any atom is -0.497 e. The Balaban J connectivity index is 2.42. The zero-order valence-corrected chi connectivity index (χ0v) is 10.2. The highest BCUT2D eigenvalue weighted by Gasteiger charge is 2.13. The lowest BCUT2D eigenvalue weighted by Crippen LogP contribution is -2.04. The fraction of sp³-hybridized carbons (Fsp3) is 0.250. The molecule has 0 aliphatic rings. The minimum absolute atomic E-state index is 0.271. The average Bonchev–Trinajstić information content (AvgIpc) is 2.82. The van der Waals surface area contributed by atoms with Gasteiger partial charge < -0.3 is 9.47 Å². The molecule has 0 aliphatic carbocycles. The van der Waals surface area contributed by atoms with E-state index in [1.807, 2.05) is 24.3 Å². The van der Waals surface area contributed by atoms with Gasteiger partial charge in [-0.2, -0.15) is 0 Å². The number of rotatable bonds is 5. The molecule has 1 aromatic carbocycles. The molecule has 94 valence electrons. The van der Waals surface area contributed by atoms with Gasteiger partial charge in [-0.3, -0.25) is 4.79 Å². The summed E-state index contributed by atoms with van der Waals surface area (Å²) in [6, 6.07) is 7.30. The van der Waals surface area contributed by atoms with Gasteiger partial charge in [0.25, 0.3) is 0 Å². The van der Waals surface area contributed by atoms with Crippen molar-refractivity contribution in [1.29, 1.82) is 0 Å². The molecule has 0 fully saturated rings. The average molecular weight is 247 g/mol. The summed E-state index contributed by atoms with van der Waals surface area (Å²) in [6.07, 6.45) is 0.668. The van der Waals surface area contributed by atoms with E-state index >= 15 is 0 Å². The SMILES string of the molecule is COCc1c(C=O)nnn1-c1ccc(OC)cc1. The number of carbonyl (C=O) groups excluding carboxylic acids is 1. The molecule has 2 aromatic rings. The van der Waals surface area contributed by atoms with Crippen molar-refractivity contribution in [3.05, 3.63) is 35.7 Å². The fourth-order valence-corrected chi connectivity index (χ4v) is 1.61. The summed E-state index contributed by atoms with van der Waals surface area (Å²) in [5, 5.41) is 7.75. The highest BCUT2D eigenvalue weighted by Crippen LogP contribution is 2.17. The van der Waals surface area contributed by atoms with Crippen molar-refractivity contribution in [2.45, 2.75) is 6.61 Å². The molecule has 0 atom stereocenters. The van der Waals surface area contributed by atoms with Crippen LogP contribution in [0.25, 0.3) is 5.69 Å². The van der Waals surface area contributed by atoms with E-state index in [4.69, 9.17) is 9.47 Å². The summed E-state index contributed by atoms with van der Waals surface area (Å²) in [5.41, 5.74) is 1.70. The Hall–Kier alpha value is -2.21. The maximum absolute atomic E-state index is 10.9. The van der Waals surface area contributed by atoms with Crippen molar-refractivity contribution < 1.29 is 14.3 Å². The number of ether oxygens (including phenoxy) is 2. The molecule has 1 heterocycles. The molecule has 0 saturated carbocycles. The minimum atomic E-state index is 0.271. The molecule has 0 radical (unpaired) electrons. The van der Waals surface area contributed by atoms with E-state index < -0.39 is 0 Å². The number of carbonyl (C=O) groups is 1. The van der Waals surface area contributed by atoms with Gasteiger partial charge in [-0.05, 0) is 24.3 Å². The van der Waals surface area contributed by atoms with Gasteiger partial charge >= 0.3 is 0 Å². The Kier molecular flexibility index (Phi) is 3.69. The fourth-order valence-electron chi connectivity index (χ4n) is 1.61. The molecule has 0 saturated heterocycles. The van der Waals surface area contributed by atoms with Crippen LogP contribution in [0.2, 0.25) is 0 Å². The first-order chi connectivity index (χ1) is 8.80. The third-order valence-corrected chi connectivity index (χ3v) is 2.50. The predicted molar refractivity (Wildman–Crippen MR) is 64.0 cm³/mol. The molecule has 2 rings (SSSR count). The topological polar surface area (TPSA) is 66.2 Å². The number of benzene rings is 1. The highest BCUT2D eigenvalue weighted by atomic mass is 16.5. The van der Waals surface area contributed by atoms with Crippen LogP contribution < -0.4 is 4.74 Å². The molecule has 0 spiro atoms. The first-order valence-corrected chi connectivity index (χ1v) is 5.33. The molecular weight excluding hydrogens is 234 g/mol. The normalized spacial score (nSPS) is 10.3. The maximum atomic E-state index is 10.9. The van der Waals surface area contributed by atoms with Crippen LogP contribution in [0.5, 0.6) is 5.75 Å². The highest BCUT2D eigenvalue weighted by molar-refractivity contribution is 5.73. The number of nitrogens with zero attached hydrogens (tertiary/aromatic N) is 3. The molecular formula is C12H13N3O3. The van der Waals surface area contributed by atoms with Gasteiger partial charge in [0.2, 0.25) is 0 Å². The van der Waals surface area contributed by atoms with Crippen LogP contribution in [0.15, 0.2) is 24.3 Å². The Morgan fingerprint density at radius 3 is 2.56 bits per heavy atom. The van der Waals surface area contributed by atoms with Crippen LogP contribution in [-0.4, -0.2) is 35.5 Å². The van der Waals surface area contributed by atoms with E-state index in [-0.39, 0.29) is 12.3 Å². The van der Waals surface area contributed by atoms with Gasteiger partial charge in [-0.25, -0.2) is 4.68 Å². The zero-order valence-electron chi connectivity index (χ0n) is 10.2. The van der Waals surface area contributed by atoms with E-state index in [9.17, 15) is 4.79 Å². The van der Waals surface area contributed by atoms with Crippen molar-refractivity contribution >= 4 is 6.29 Å². The van der Waals surface area contributed by atoms with Crippen LogP contribution in [0, 0.1) is 0 Å². The Morgan fingerprint density at radius 1 is 1.28 bits per heavy atom. The van der Waals surface area contributed by atoms with Crippen molar-refractivity contribution in [3.8, 4) is 11.4 Å². The van der Waals surface area contributed by atoms with E-state index in [1.54, 1.807) is 18.9 Å². The monoisotopic (exact) mass is 247 g/mol. The second kappa shape index (κ2) is 5.42. The molecule has 6 heteroatoms. The third-order valence-electron chi connectivity index (χ3n) is 2.50. The van der Waals surface area contributed by atoms with Crippen molar-refractivity contribution in [1.82, 2.24) is 15.0 Å². The van der Waals surface area contributed by atoms with E-state index in [0.29, 0.717) is 12.0 Å². The molecule has 0 aliphatic heterocycles. The van der Waals surface area contributed by atoms with Crippen LogP contribution in [-0.2, 0) is 11.3 Å². The van der Waals surface area contributed by atoms with Crippen molar-refractivity contribution in [2.75, 3.05) is 14.2 Å². The second-order valence-electron chi connectivity index (χ2n) is 3.58. The summed E-state index contributed by atoms with van der Waals surface area (Å²) in [7, 11) is 3.16. The maximum Gasteiger partial charge on any atom is 0.172 e. The Bertz CT molecular complexity index is 534. The molecule has 1 aromatic heterocycles. The van der Waals surface area contributed by atoms with E-state index in [2.05, 4.69) is 10.3 Å². The quantitative estimate of drug-likeness (QED) is 0.743. The van der Waals surface area contributed by atoms with Crippen LogP contribution in [0.4, 0.5) is 0 Å². The van der Waals surface area contributed by atoms with Crippen LogP contribution >= 0.6 is 0 Å². The molecule has 0 amide bonds. The summed E-state index contributed by atoms with van der Waals surface area (Å²) in [5.74, 6) is 0.753. The molecule has 6 nitrogen and oxygen atoms in total. The number of aromatic nitrogens is 3. The summed E-state index contributed by atoms with van der Waals surface area (Å²) in [4.78, 5) is 10.9. The number of methoxy groups -OCH3 is 2. The van der Waals surface area contributed by atoms with Crippen LogP contribution in [0.3, 0.4) is 0 Å². The number of hydrogen-bond donors (Lipinski definition) is 0. The molecule has 18 heavy (non-hydrogen) atoms. The molecule has 0 bridgehead atoms. The Morgan fingerprint density at radius 2 is 2.00 bits per heavy atom. The van der Waals surface area contributed by atoms with E-state index in [1.165, 1.54) is 0 Å². The third kappa shape index (κ3) is 2.23. The lowest BCUT2D eigenvalue weighted by Gasteiger charge is -2.06. The van der Waals surface area contributed by atoms with Gasteiger partial charge in [-0.1, -0.05) is 5.21 Å². The second-order valence-corrected chi connectivity index (χ2v) is 3.58. The van der Waals surface area contributed by atoms with Gasteiger partial charge in [0.05, 0.1) is 19.4 Å². The zero-order chi connectivity index (χ0) is 13.0. The van der Waals surface area contributed by atoms with Gasteiger partial charge in [0.15, 0.2) is 12.0 Å².